The third-order valence-electron chi connectivity index (χ3n) is 3.18. The molecule has 5 nitrogen and oxygen atoms in total. The van der Waals surface area contributed by atoms with Crippen LogP contribution in [-0.2, 0) is 0 Å². The molecule has 5 heteroatoms. The maximum Gasteiger partial charge on any atom is 0.270 e. The van der Waals surface area contributed by atoms with E-state index in [0.717, 1.165) is 5.56 Å². The summed E-state index contributed by atoms with van der Waals surface area (Å²) in [7, 11) is 0. The number of benzene rings is 2. The maximum atomic E-state index is 11.6. The molecule has 1 atom stereocenters. The minimum Gasteiger partial charge on any atom is -0.872 e. The van der Waals surface area contributed by atoms with E-state index in [9.17, 15) is 15.2 Å². The van der Waals surface area contributed by atoms with Gasteiger partial charge < -0.3 is 5.11 Å². The van der Waals surface area contributed by atoms with E-state index in [0.29, 0.717) is 6.54 Å². The molecule has 108 valence electrons. The molecule has 0 saturated heterocycles. The molecule has 0 aliphatic carbocycles. The Kier molecular flexibility index (Phi) is 4.66. The number of rotatable bonds is 5. The Labute approximate surface area is 122 Å². The zero-order valence-corrected chi connectivity index (χ0v) is 11.6. The molecule has 2 aromatic rings. The Morgan fingerprint density at radius 2 is 1.95 bits per heavy atom. The second-order valence-electron chi connectivity index (χ2n) is 4.79. The van der Waals surface area contributed by atoms with Crippen molar-refractivity contribution in [1.29, 1.82) is 0 Å². The Hall–Kier alpha value is -2.69. The molecule has 0 amide bonds. The lowest BCUT2D eigenvalue weighted by molar-refractivity contribution is -0.385. The van der Waals surface area contributed by atoms with Crippen molar-refractivity contribution in [2.75, 3.05) is 6.54 Å². The summed E-state index contributed by atoms with van der Waals surface area (Å²) in [5.41, 5.74) is 1.30. The van der Waals surface area contributed by atoms with Crippen LogP contribution in [0.1, 0.15) is 24.0 Å². The van der Waals surface area contributed by atoms with Crippen molar-refractivity contribution in [1.82, 2.24) is 0 Å². The third kappa shape index (κ3) is 3.89. The van der Waals surface area contributed by atoms with E-state index < -0.39 is 4.92 Å². The lowest BCUT2D eigenvalue weighted by Gasteiger charge is -2.10. The van der Waals surface area contributed by atoms with E-state index in [2.05, 4.69) is 4.99 Å². The largest absolute Gasteiger partial charge is 0.872 e. The summed E-state index contributed by atoms with van der Waals surface area (Å²) in [6.07, 6.45) is 1.41. The van der Waals surface area contributed by atoms with Gasteiger partial charge in [-0.15, -0.1) is 0 Å². The molecule has 0 aromatic heterocycles. The summed E-state index contributed by atoms with van der Waals surface area (Å²) < 4.78 is 0. The summed E-state index contributed by atoms with van der Waals surface area (Å²) in [4.78, 5) is 14.4. The lowest BCUT2D eigenvalue weighted by Crippen LogP contribution is -2.01. The molecule has 0 radical (unpaired) electrons. The van der Waals surface area contributed by atoms with E-state index in [1.54, 1.807) is 0 Å². The van der Waals surface area contributed by atoms with Crippen LogP contribution >= 0.6 is 0 Å². The summed E-state index contributed by atoms with van der Waals surface area (Å²) in [6, 6.07) is 13.6. The molecule has 0 unspecified atom stereocenters. The molecular weight excluding hydrogens is 268 g/mol. The topological polar surface area (TPSA) is 78.6 Å². The fourth-order valence-corrected chi connectivity index (χ4v) is 1.95. The minimum atomic E-state index is -0.524. The molecule has 0 aliphatic heterocycles. The van der Waals surface area contributed by atoms with Crippen molar-refractivity contribution in [2.45, 2.75) is 12.8 Å². The van der Waals surface area contributed by atoms with Gasteiger partial charge in [-0.1, -0.05) is 49.1 Å². The van der Waals surface area contributed by atoms with Crippen LogP contribution in [0, 0.1) is 10.1 Å². The predicted molar refractivity (Wildman–Crippen MR) is 79.9 cm³/mol. The number of nitrogens with zero attached hydrogens (tertiary/aromatic N) is 2. The van der Waals surface area contributed by atoms with Crippen molar-refractivity contribution in [3.05, 3.63) is 69.8 Å². The monoisotopic (exact) mass is 283 g/mol. The van der Waals surface area contributed by atoms with Gasteiger partial charge in [0.1, 0.15) is 0 Å². The Bertz CT molecular complexity index is 654. The van der Waals surface area contributed by atoms with Crippen LogP contribution in [0.2, 0.25) is 0 Å². The van der Waals surface area contributed by atoms with Crippen molar-refractivity contribution < 1.29 is 10.0 Å². The van der Waals surface area contributed by atoms with Crippen LogP contribution in [-0.4, -0.2) is 17.7 Å². The van der Waals surface area contributed by atoms with Gasteiger partial charge in [-0.25, -0.2) is 0 Å². The number of hydrogen-bond donors (Lipinski definition) is 0. The van der Waals surface area contributed by atoms with Crippen molar-refractivity contribution in [2.24, 2.45) is 4.99 Å². The van der Waals surface area contributed by atoms with Crippen LogP contribution < -0.4 is 5.11 Å². The van der Waals surface area contributed by atoms with Crippen molar-refractivity contribution in [3.8, 4) is 5.75 Å². The van der Waals surface area contributed by atoms with E-state index in [-0.39, 0.29) is 22.9 Å². The lowest BCUT2D eigenvalue weighted by atomic mass is 10.0. The first-order chi connectivity index (χ1) is 10.1. The second kappa shape index (κ2) is 6.65. The number of hydrogen-bond acceptors (Lipinski definition) is 4. The van der Waals surface area contributed by atoms with E-state index in [1.807, 2.05) is 37.3 Å². The van der Waals surface area contributed by atoms with Crippen LogP contribution in [0.5, 0.6) is 5.75 Å². The minimum absolute atomic E-state index is 0.104. The van der Waals surface area contributed by atoms with Gasteiger partial charge >= 0.3 is 0 Å². The fraction of sp³-hybridized carbons (Fsp3) is 0.188. The Balaban J connectivity index is 2.08. The molecule has 0 N–H and O–H groups in total. The van der Waals surface area contributed by atoms with Gasteiger partial charge in [-0.3, -0.25) is 15.1 Å². The van der Waals surface area contributed by atoms with Crippen LogP contribution in [0.25, 0.3) is 0 Å². The average molecular weight is 283 g/mol. The van der Waals surface area contributed by atoms with Gasteiger partial charge in [0.15, 0.2) is 0 Å². The third-order valence-corrected chi connectivity index (χ3v) is 3.18. The number of aliphatic imine (C=N–C) groups is 1. The Morgan fingerprint density at radius 1 is 1.24 bits per heavy atom. The van der Waals surface area contributed by atoms with Crippen LogP contribution in [0.4, 0.5) is 5.69 Å². The van der Waals surface area contributed by atoms with Gasteiger partial charge in [0.25, 0.3) is 5.69 Å². The molecule has 2 aromatic carbocycles. The SMILES string of the molecule is C[C@@H](CN=Cc1cc([N+](=O)[O-])ccc1[O-])c1ccccc1. The summed E-state index contributed by atoms with van der Waals surface area (Å²) in [5, 5.41) is 22.3. The van der Waals surface area contributed by atoms with Gasteiger partial charge in [0, 0.05) is 30.8 Å². The summed E-state index contributed by atoms with van der Waals surface area (Å²) in [5.74, 6) is -0.0482. The van der Waals surface area contributed by atoms with Crippen molar-refractivity contribution >= 4 is 11.9 Å². The average Bonchev–Trinajstić information content (AvgIpc) is 2.49. The van der Waals surface area contributed by atoms with Crippen LogP contribution in [0.15, 0.2) is 53.5 Å². The first-order valence-electron chi connectivity index (χ1n) is 6.58. The standard InChI is InChI=1S/C16H16N2O3/c1-12(13-5-3-2-4-6-13)10-17-11-14-9-15(18(20)21)7-8-16(14)19/h2-9,11-12,19H,10H2,1H3/p-1/t12-/m0/s1. The van der Waals surface area contributed by atoms with Crippen LogP contribution in [0.3, 0.4) is 0 Å². The molecule has 2 rings (SSSR count). The highest BCUT2D eigenvalue weighted by atomic mass is 16.6. The highest BCUT2D eigenvalue weighted by Crippen LogP contribution is 2.20. The van der Waals surface area contributed by atoms with Gasteiger partial charge in [-0.05, 0) is 11.1 Å². The fourth-order valence-electron chi connectivity index (χ4n) is 1.95. The molecule has 0 fully saturated rings. The smallest absolute Gasteiger partial charge is 0.270 e. The highest BCUT2D eigenvalue weighted by molar-refractivity contribution is 5.84. The van der Waals surface area contributed by atoms with Gasteiger partial charge in [0.05, 0.1) is 4.92 Å². The molecule has 21 heavy (non-hydrogen) atoms. The number of nitro groups is 1. The molecule has 0 heterocycles. The van der Waals surface area contributed by atoms with E-state index in [1.165, 1.54) is 24.4 Å². The highest BCUT2D eigenvalue weighted by Gasteiger charge is 2.06. The molecular formula is C16H15N2O3-. The quantitative estimate of drug-likeness (QED) is 0.481. The molecule has 0 spiro atoms. The summed E-state index contributed by atoms with van der Waals surface area (Å²) >= 11 is 0. The van der Waals surface area contributed by atoms with Gasteiger partial charge in [-0.2, -0.15) is 0 Å². The molecule has 0 aliphatic rings. The summed E-state index contributed by atoms with van der Waals surface area (Å²) in [6.45, 7) is 2.56. The first kappa shape index (κ1) is 14.7. The number of nitro benzene ring substituents is 1. The van der Waals surface area contributed by atoms with E-state index >= 15 is 0 Å². The van der Waals surface area contributed by atoms with Crippen molar-refractivity contribution in [3.63, 3.8) is 0 Å². The zero-order valence-electron chi connectivity index (χ0n) is 11.6. The first-order valence-corrected chi connectivity index (χ1v) is 6.58. The van der Waals surface area contributed by atoms with E-state index in [4.69, 9.17) is 0 Å². The van der Waals surface area contributed by atoms with Gasteiger partial charge in [0.2, 0.25) is 0 Å². The normalized spacial score (nSPS) is 12.4. The molecule has 0 saturated carbocycles. The Morgan fingerprint density at radius 3 is 2.62 bits per heavy atom. The predicted octanol–water partition coefficient (Wildman–Crippen LogP) is 2.89. The maximum absolute atomic E-state index is 11.6. The molecule has 0 bridgehead atoms. The zero-order chi connectivity index (χ0) is 15.2. The number of non-ortho nitro benzene ring substituents is 1. The second-order valence-corrected chi connectivity index (χ2v) is 4.79.